The van der Waals surface area contributed by atoms with Gasteiger partial charge in [-0.3, -0.25) is 4.79 Å². The zero-order valence-electron chi connectivity index (χ0n) is 10.8. The van der Waals surface area contributed by atoms with Crippen LogP contribution in [0.5, 0.6) is 0 Å². The van der Waals surface area contributed by atoms with E-state index in [2.05, 4.69) is 21.2 Å². The summed E-state index contributed by atoms with van der Waals surface area (Å²) in [5.74, 6) is -0.724. The second-order valence-corrected chi connectivity index (χ2v) is 5.88. The fourth-order valence-electron chi connectivity index (χ4n) is 2.35. The quantitative estimate of drug-likeness (QED) is 0.887. The van der Waals surface area contributed by atoms with Crippen LogP contribution in [0.15, 0.2) is 41.0 Å². The molecule has 1 saturated carbocycles. The summed E-state index contributed by atoms with van der Waals surface area (Å²) in [6, 6.07) is 8.61. The number of nitrogens with zero attached hydrogens (tertiary/aromatic N) is 1. The minimum atomic E-state index is -0.450. The van der Waals surface area contributed by atoms with Crippen LogP contribution in [0.4, 0.5) is 10.1 Å². The van der Waals surface area contributed by atoms with E-state index in [0.29, 0.717) is 16.2 Å². The molecule has 1 N–H and O–H groups in total. The van der Waals surface area contributed by atoms with E-state index < -0.39 is 5.82 Å². The number of benzene rings is 1. The number of nitrogens with one attached hydrogen (secondary N) is 1. The van der Waals surface area contributed by atoms with Gasteiger partial charge in [-0.15, -0.1) is 0 Å². The van der Waals surface area contributed by atoms with Gasteiger partial charge in [0, 0.05) is 16.7 Å². The molecule has 1 aromatic heterocycles. The smallest absolute Gasteiger partial charge is 0.272 e. The van der Waals surface area contributed by atoms with Crippen molar-refractivity contribution in [3.8, 4) is 0 Å². The Morgan fingerprint density at radius 3 is 2.80 bits per heavy atom. The first-order chi connectivity index (χ1) is 9.65. The van der Waals surface area contributed by atoms with E-state index in [9.17, 15) is 9.18 Å². The van der Waals surface area contributed by atoms with Gasteiger partial charge in [-0.2, -0.15) is 0 Å². The van der Waals surface area contributed by atoms with Crippen molar-refractivity contribution in [2.75, 3.05) is 5.32 Å². The van der Waals surface area contributed by atoms with Crippen molar-refractivity contribution in [1.82, 2.24) is 4.57 Å². The molecule has 0 spiro atoms. The summed E-state index contributed by atoms with van der Waals surface area (Å²) in [5.41, 5.74) is 0.775. The zero-order chi connectivity index (χ0) is 14.1. The molecular weight excluding hydrogens is 323 g/mol. The number of anilines is 1. The van der Waals surface area contributed by atoms with Gasteiger partial charge in [-0.25, -0.2) is 4.39 Å². The largest absolute Gasteiger partial charge is 0.340 e. The third-order valence-corrected chi connectivity index (χ3v) is 4.15. The number of halogens is 2. The number of hydrogen-bond donors (Lipinski definition) is 1. The summed E-state index contributed by atoms with van der Waals surface area (Å²) in [7, 11) is 0. The van der Waals surface area contributed by atoms with E-state index in [0.717, 1.165) is 12.8 Å². The lowest BCUT2D eigenvalue weighted by Crippen LogP contribution is -2.23. The van der Waals surface area contributed by atoms with Crippen molar-refractivity contribution in [1.29, 1.82) is 0 Å². The van der Waals surface area contributed by atoms with Gasteiger partial charge in [0.1, 0.15) is 11.5 Å². The van der Waals surface area contributed by atoms with Crippen LogP contribution < -0.4 is 5.32 Å². The summed E-state index contributed by atoms with van der Waals surface area (Å²) in [4.78, 5) is 12.3. The normalized spacial score (nSPS) is 14.9. The van der Waals surface area contributed by atoms with Gasteiger partial charge >= 0.3 is 0 Å². The van der Waals surface area contributed by atoms with E-state index >= 15 is 0 Å². The summed E-state index contributed by atoms with van der Waals surface area (Å²) >= 11 is 3.19. The second-order valence-electron chi connectivity index (χ2n) is 4.96. The molecular formula is C15H14BrFN2O. The highest BCUT2D eigenvalue weighted by Gasteiger charge is 2.23. The molecule has 1 aliphatic rings. The first-order valence-corrected chi connectivity index (χ1v) is 7.37. The fourth-order valence-corrected chi connectivity index (χ4v) is 2.68. The highest BCUT2D eigenvalue weighted by molar-refractivity contribution is 9.10. The number of hydrogen-bond acceptors (Lipinski definition) is 1. The molecule has 1 aromatic carbocycles. The Morgan fingerprint density at radius 1 is 1.35 bits per heavy atom. The molecule has 104 valence electrons. The molecule has 0 aliphatic heterocycles. The predicted molar refractivity (Wildman–Crippen MR) is 79.4 cm³/mol. The molecule has 0 atom stereocenters. The minimum absolute atomic E-state index is 0.194. The Kier molecular flexibility index (Phi) is 3.61. The van der Waals surface area contributed by atoms with E-state index in [1.807, 2.05) is 16.8 Å². The van der Waals surface area contributed by atoms with Gasteiger partial charge in [0.05, 0.1) is 5.69 Å². The molecule has 0 bridgehead atoms. The SMILES string of the molecule is O=C(Nc1ccc(Br)cc1F)c1cccn1C1CCC1. The van der Waals surface area contributed by atoms with Crippen molar-refractivity contribution in [3.05, 3.63) is 52.5 Å². The summed E-state index contributed by atoms with van der Waals surface area (Å²) in [6.45, 7) is 0. The predicted octanol–water partition coefficient (Wildman–Crippen LogP) is 4.37. The second kappa shape index (κ2) is 5.40. The van der Waals surface area contributed by atoms with Crippen LogP contribution in [0.3, 0.4) is 0 Å². The maximum Gasteiger partial charge on any atom is 0.272 e. The van der Waals surface area contributed by atoms with Gasteiger partial charge in [-0.1, -0.05) is 15.9 Å². The zero-order valence-corrected chi connectivity index (χ0v) is 12.4. The molecule has 2 aromatic rings. The number of rotatable bonds is 3. The molecule has 0 saturated heterocycles. The molecule has 0 radical (unpaired) electrons. The number of aromatic nitrogens is 1. The molecule has 5 heteroatoms. The molecule has 1 heterocycles. The van der Waals surface area contributed by atoms with Gasteiger partial charge in [-0.05, 0) is 49.6 Å². The summed E-state index contributed by atoms with van der Waals surface area (Å²) in [6.07, 6.45) is 5.31. The Labute approximate surface area is 124 Å². The van der Waals surface area contributed by atoms with Crippen molar-refractivity contribution in [3.63, 3.8) is 0 Å². The van der Waals surface area contributed by atoms with Gasteiger partial charge in [0.2, 0.25) is 0 Å². The lowest BCUT2D eigenvalue weighted by atomic mass is 9.93. The van der Waals surface area contributed by atoms with E-state index in [1.54, 1.807) is 18.2 Å². The first kappa shape index (κ1) is 13.4. The van der Waals surface area contributed by atoms with Crippen molar-refractivity contribution in [2.45, 2.75) is 25.3 Å². The molecule has 1 fully saturated rings. The lowest BCUT2D eigenvalue weighted by molar-refractivity contribution is 0.101. The summed E-state index contributed by atoms with van der Waals surface area (Å²) in [5, 5.41) is 2.63. The standard InChI is InChI=1S/C15H14BrFN2O/c16-10-6-7-13(12(17)9-10)18-15(20)14-5-2-8-19(14)11-3-1-4-11/h2,5-9,11H,1,3-4H2,(H,18,20). The average molecular weight is 337 g/mol. The van der Waals surface area contributed by atoms with E-state index in [4.69, 9.17) is 0 Å². The van der Waals surface area contributed by atoms with Crippen LogP contribution in [0.25, 0.3) is 0 Å². The Hall–Kier alpha value is -1.62. The Balaban J connectivity index is 1.81. The van der Waals surface area contributed by atoms with Crippen molar-refractivity contribution >= 4 is 27.5 Å². The molecule has 3 nitrogen and oxygen atoms in total. The number of amides is 1. The summed E-state index contributed by atoms with van der Waals surface area (Å²) < 4.78 is 16.4. The Bertz CT molecular complexity index is 649. The van der Waals surface area contributed by atoms with E-state index in [-0.39, 0.29) is 11.6 Å². The van der Waals surface area contributed by atoms with Crippen LogP contribution in [0.2, 0.25) is 0 Å². The molecule has 1 aliphatic carbocycles. The van der Waals surface area contributed by atoms with Gasteiger partial charge in [0.15, 0.2) is 0 Å². The molecule has 20 heavy (non-hydrogen) atoms. The maximum atomic E-state index is 13.7. The molecule has 3 rings (SSSR count). The third kappa shape index (κ3) is 2.50. The minimum Gasteiger partial charge on any atom is -0.340 e. The fraction of sp³-hybridized carbons (Fsp3) is 0.267. The average Bonchev–Trinajstić information content (AvgIpc) is 2.79. The van der Waals surface area contributed by atoms with Crippen LogP contribution in [0, 0.1) is 5.82 Å². The van der Waals surface area contributed by atoms with Gasteiger partial charge in [0.25, 0.3) is 5.91 Å². The number of carbonyl (C=O) groups excluding carboxylic acids is 1. The van der Waals surface area contributed by atoms with E-state index in [1.165, 1.54) is 12.5 Å². The first-order valence-electron chi connectivity index (χ1n) is 6.58. The van der Waals surface area contributed by atoms with Crippen LogP contribution in [-0.2, 0) is 0 Å². The topological polar surface area (TPSA) is 34.0 Å². The highest BCUT2D eigenvalue weighted by atomic mass is 79.9. The monoisotopic (exact) mass is 336 g/mol. The highest BCUT2D eigenvalue weighted by Crippen LogP contribution is 2.33. The van der Waals surface area contributed by atoms with Crippen molar-refractivity contribution < 1.29 is 9.18 Å². The van der Waals surface area contributed by atoms with Crippen LogP contribution >= 0.6 is 15.9 Å². The molecule has 1 amide bonds. The lowest BCUT2D eigenvalue weighted by Gasteiger charge is -2.28. The third-order valence-electron chi connectivity index (χ3n) is 3.66. The van der Waals surface area contributed by atoms with Crippen LogP contribution in [0.1, 0.15) is 35.8 Å². The van der Waals surface area contributed by atoms with Crippen molar-refractivity contribution in [2.24, 2.45) is 0 Å². The maximum absolute atomic E-state index is 13.7. The molecule has 0 unspecified atom stereocenters. The van der Waals surface area contributed by atoms with Crippen LogP contribution in [-0.4, -0.2) is 10.5 Å². The van der Waals surface area contributed by atoms with Gasteiger partial charge < -0.3 is 9.88 Å². The Morgan fingerprint density at radius 2 is 2.15 bits per heavy atom. The number of carbonyl (C=O) groups is 1.